The van der Waals surface area contributed by atoms with Crippen LogP contribution in [0.15, 0.2) is 81.3 Å². The summed E-state index contributed by atoms with van der Waals surface area (Å²) in [5, 5.41) is 0. The fourth-order valence-electron chi connectivity index (χ4n) is 11.3. The number of hydrogen-bond acceptors (Lipinski definition) is 1. The molecule has 1 aliphatic heterocycles. The molecule has 5 fully saturated rings. The molecule has 4 saturated carbocycles. The Morgan fingerprint density at radius 2 is 1.33 bits per heavy atom. The Balaban J connectivity index is 1.39. The summed E-state index contributed by atoms with van der Waals surface area (Å²) >= 11 is -3.25. The van der Waals surface area contributed by atoms with Crippen molar-refractivity contribution in [2.75, 3.05) is 0 Å². The van der Waals surface area contributed by atoms with Crippen molar-refractivity contribution in [2.45, 2.75) is 88.5 Å². The van der Waals surface area contributed by atoms with Crippen LogP contribution in [0.3, 0.4) is 0 Å². The summed E-state index contributed by atoms with van der Waals surface area (Å²) in [6.45, 7) is 14.4. The van der Waals surface area contributed by atoms with E-state index in [1.54, 1.807) is 3.88 Å². The number of rotatable bonds is 5. The first-order chi connectivity index (χ1) is 18.5. The molecule has 1 saturated heterocycles. The van der Waals surface area contributed by atoms with E-state index >= 15 is 4.79 Å². The molecule has 6 aliphatic rings. The molecule has 2 aromatic rings. The average Bonchev–Trinajstić information content (AvgIpc) is 3.50. The third-order valence-electron chi connectivity index (χ3n) is 12.2. The molecule has 3 heteroatoms. The van der Waals surface area contributed by atoms with Crippen LogP contribution in [0, 0.1) is 28.1 Å². The SMILES string of the molecule is CC1=C(C)C(C)[C]([Ti]2([NH]C(=O)C34CC5CC(C)(CC(C)(C5)C3)C4)[CH2][C]2(c2ccccc2)c2ccccc2)=C1C. The molecule has 4 atom stereocenters. The molecule has 204 valence electrons. The van der Waals surface area contributed by atoms with Crippen LogP contribution >= 0.6 is 0 Å². The zero-order chi connectivity index (χ0) is 27.4. The summed E-state index contributed by atoms with van der Waals surface area (Å²) in [6.07, 6.45) is 7.24. The second-order valence-corrected chi connectivity index (χ2v) is 21.1. The van der Waals surface area contributed by atoms with E-state index in [1.165, 1.54) is 47.1 Å². The van der Waals surface area contributed by atoms with Crippen LogP contribution < -0.4 is 3.80 Å². The first kappa shape index (κ1) is 26.0. The monoisotopic (exact) mass is 555 g/mol. The molecule has 0 spiro atoms. The minimum absolute atomic E-state index is 0.0793. The van der Waals surface area contributed by atoms with E-state index in [2.05, 4.69) is 106 Å². The molecular weight excluding hydrogens is 510 g/mol. The number of nitrogens with one attached hydrogen (secondary N) is 1. The Bertz CT molecular complexity index is 1360. The van der Waals surface area contributed by atoms with Gasteiger partial charge >= 0.3 is 240 Å². The Morgan fingerprint density at radius 1 is 0.795 bits per heavy atom. The van der Waals surface area contributed by atoms with Gasteiger partial charge in [0.2, 0.25) is 0 Å². The van der Waals surface area contributed by atoms with Crippen molar-refractivity contribution in [1.29, 1.82) is 0 Å². The van der Waals surface area contributed by atoms with Gasteiger partial charge in [-0.25, -0.2) is 0 Å². The summed E-state index contributed by atoms with van der Waals surface area (Å²) in [6, 6.07) is 22.4. The summed E-state index contributed by atoms with van der Waals surface area (Å²) < 4.78 is 6.82. The van der Waals surface area contributed by atoms with Gasteiger partial charge in [0.15, 0.2) is 0 Å². The zero-order valence-corrected chi connectivity index (χ0v) is 26.3. The quantitative estimate of drug-likeness (QED) is 0.367. The van der Waals surface area contributed by atoms with Gasteiger partial charge in [-0.2, -0.15) is 0 Å². The van der Waals surface area contributed by atoms with Gasteiger partial charge in [-0.05, 0) is 0 Å². The van der Waals surface area contributed by atoms with Crippen molar-refractivity contribution < 1.29 is 21.6 Å². The van der Waals surface area contributed by atoms with Crippen LogP contribution in [-0.2, 0) is 25.4 Å². The van der Waals surface area contributed by atoms with E-state index in [0.717, 1.165) is 29.9 Å². The predicted octanol–water partition coefficient (Wildman–Crippen LogP) is 8.80. The fraction of sp³-hybridized carbons (Fsp3) is 0.528. The van der Waals surface area contributed by atoms with Crippen LogP contribution in [0.1, 0.15) is 91.2 Å². The molecule has 0 radical (unpaired) electrons. The van der Waals surface area contributed by atoms with Crippen molar-refractivity contribution >= 4 is 5.91 Å². The molecule has 0 aromatic heterocycles. The van der Waals surface area contributed by atoms with E-state index in [1.807, 2.05) is 0 Å². The Labute approximate surface area is 239 Å². The first-order valence-electron chi connectivity index (χ1n) is 15.3. The van der Waals surface area contributed by atoms with Crippen molar-refractivity contribution in [2.24, 2.45) is 28.1 Å². The first-order valence-corrected chi connectivity index (χ1v) is 18.7. The topological polar surface area (TPSA) is 29.1 Å². The van der Waals surface area contributed by atoms with Gasteiger partial charge in [0.05, 0.1) is 0 Å². The van der Waals surface area contributed by atoms with Crippen molar-refractivity contribution in [3.8, 4) is 0 Å². The summed E-state index contributed by atoms with van der Waals surface area (Å²) in [4.78, 5) is 15.0. The number of carbonyl (C=O) groups is 1. The molecule has 4 bridgehead atoms. The predicted molar refractivity (Wildman–Crippen MR) is 157 cm³/mol. The summed E-state index contributed by atoms with van der Waals surface area (Å²) in [5.74, 6) is 1.55. The molecule has 8 rings (SSSR count). The molecule has 1 N–H and O–H groups in total. The molecule has 39 heavy (non-hydrogen) atoms. The van der Waals surface area contributed by atoms with Crippen LogP contribution in [0.25, 0.3) is 0 Å². The van der Waals surface area contributed by atoms with Gasteiger partial charge in [-0.15, -0.1) is 0 Å². The van der Waals surface area contributed by atoms with Crippen LogP contribution in [-0.4, -0.2) is 5.91 Å². The van der Waals surface area contributed by atoms with E-state index < -0.39 is 16.8 Å². The zero-order valence-electron chi connectivity index (χ0n) is 24.8. The van der Waals surface area contributed by atoms with Gasteiger partial charge in [-0.3, -0.25) is 0 Å². The fourth-order valence-corrected chi connectivity index (χ4v) is 21.7. The average molecular weight is 556 g/mol. The molecule has 1 heterocycles. The van der Waals surface area contributed by atoms with Gasteiger partial charge in [-0.1, -0.05) is 0 Å². The number of hydrogen-bond donors (Lipinski definition) is 1. The third-order valence-corrected chi connectivity index (χ3v) is 20.4. The third kappa shape index (κ3) is 3.53. The van der Waals surface area contributed by atoms with Crippen LogP contribution in [0.4, 0.5) is 0 Å². The Kier molecular flexibility index (Phi) is 5.56. The van der Waals surface area contributed by atoms with Gasteiger partial charge in [0.25, 0.3) is 0 Å². The number of amides is 1. The molecule has 1 amide bonds. The van der Waals surface area contributed by atoms with E-state index in [4.69, 9.17) is 0 Å². The number of benzene rings is 2. The van der Waals surface area contributed by atoms with Gasteiger partial charge in [0, 0.05) is 0 Å². The standard InChI is InChI=1S/C14H12.C13H21NO.C9H13.Ti/c1-12(13-8-4-2-5-9-13)14-10-6-3-7-11-14;1-11-3-9-4-12(2,6-11)8-13(5-9,7-11)10(14)15;1-6-5-7(2)9(4)8(6)3;/h2-11H,1H2;9H,3-8H2,1-2H3,(H2,14,15);6H,1-4H3;/q;;;+1/p-1. The molecular formula is C36H45NOTi. The van der Waals surface area contributed by atoms with E-state index in [-0.39, 0.29) is 9.13 Å². The van der Waals surface area contributed by atoms with Crippen LogP contribution in [0.2, 0.25) is 4.73 Å². The van der Waals surface area contributed by atoms with Crippen LogP contribution in [0.5, 0.6) is 0 Å². The Morgan fingerprint density at radius 3 is 1.79 bits per heavy atom. The molecule has 2 aromatic carbocycles. The molecule has 4 unspecified atom stereocenters. The van der Waals surface area contributed by atoms with Crippen molar-refractivity contribution in [3.63, 3.8) is 0 Å². The Hall–Kier alpha value is -1.90. The van der Waals surface area contributed by atoms with Crippen molar-refractivity contribution in [3.05, 3.63) is 92.4 Å². The van der Waals surface area contributed by atoms with E-state index in [9.17, 15) is 0 Å². The second-order valence-electron chi connectivity index (χ2n) is 15.2. The molecule has 2 nitrogen and oxygen atoms in total. The van der Waals surface area contributed by atoms with E-state index in [0.29, 0.717) is 22.7 Å². The maximum atomic E-state index is 15.0. The number of allylic oxidation sites excluding steroid dienone is 4. The van der Waals surface area contributed by atoms with Gasteiger partial charge < -0.3 is 0 Å². The summed E-state index contributed by atoms with van der Waals surface area (Å²) in [5.41, 5.74) is 7.69. The minimum atomic E-state index is -3.25. The van der Waals surface area contributed by atoms with Crippen molar-refractivity contribution in [1.82, 2.24) is 3.80 Å². The molecule has 5 aliphatic carbocycles. The maximum absolute atomic E-state index is 15.0. The summed E-state index contributed by atoms with van der Waals surface area (Å²) in [7, 11) is 0. The normalized spacial score (nSPS) is 39.8. The number of carbonyl (C=O) groups excluding carboxylic acids is 1. The second kappa shape index (κ2) is 8.33. The van der Waals surface area contributed by atoms with Gasteiger partial charge in [0.1, 0.15) is 0 Å².